The zero-order valence-electron chi connectivity index (χ0n) is 12.4. The van der Waals surface area contributed by atoms with E-state index in [9.17, 15) is 26.7 Å². The van der Waals surface area contributed by atoms with Crippen LogP contribution in [0.25, 0.3) is 0 Å². The fraction of sp³-hybridized carbons (Fsp3) is 0.308. The molecule has 6 nitrogen and oxygen atoms in total. The number of ether oxygens (including phenoxy) is 1. The standard InChI is InChI=1S/C13H10ClF5N4O2/c1-23-4-7(10(22-23)11(15)16)21-12(24)6-2-9(14)20-3-8(6)25-5-13(17,18)19/h2-4,11H,5H2,1H3,(H,21,24). The Balaban J connectivity index is 2.28. The summed E-state index contributed by atoms with van der Waals surface area (Å²) in [6.07, 6.45) is -5.64. The van der Waals surface area contributed by atoms with Crippen LogP contribution in [0, 0.1) is 0 Å². The summed E-state index contributed by atoms with van der Waals surface area (Å²) in [6.45, 7) is -1.66. The first-order chi connectivity index (χ1) is 11.6. The van der Waals surface area contributed by atoms with Gasteiger partial charge in [0.2, 0.25) is 0 Å². The van der Waals surface area contributed by atoms with E-state index in [0.717, 1.165) is 23.1 Å². The van der Waals surface area contributed by atoms with Crippen LogP contribution in [0.3, 0.4) is 0 Å². The van der Waals surface area contributed by atoms with E-state index in [-0.39, 0.29) is 10.8 Å². The van der Waals surface area contributed by atoms with Crippen molar-refractivity contribution >= 4 is 23.2 Å². The Morgan fingerprint density at radius 1 is 1.44 bits per heavy atom. The Morgan fingerprint density at radius 3 is 2.72 bits per heavy atom. The summed E-state index contributed by atoms with van der Waals surface area (Å²) < 4.78 is 68.2. The van der Waals surface area contributed by atoms with Crippen molar-refractivity contribution < 1.29 is 31.5 Å². The molecule has 1 N–H and O–H groups in total. The number of alkyl halides is 5. The molecule has 2 heterocycles. The molecule has 0 aromatic carbocycles. The minimum atomic E-state index is -4.64. The van der Waals surface area contributed by atoms with Crippen LogP contribution >= 0.6 is 11.6 Å². The molecule has 0 aliphatic carbocycles. The van der Waals surface area contributed by atoms with Crippen LogP contribution < -0.4 is 10.1 Å². The van der Waals surface area contributed by atoms with Gasteiger partial charge in [-0.05, 0) is 6.07 Å². The van der Waals surface area contributed by atoms with Crippen LogP contribution in [0.4, 0.5) is 27.6 Å². The monoisotopic (exact) mass is 384 g/mol. The third-order valence-electron chi connectivity index (χ3n) is 2.78. The third kappa shape index (κ3) is 5.02. The van der Waals surface area contributed by atoms with Gasteiger partial charge in [-0.25, -0.2) is 13.8 Å². The molecule has 2 rings (SSSR count). The highest BCUT2D eigenvalue weighted by Crippen LogP contribution is 2.28. The summed E-state index contributed by atoms with van der Waals surface area (Å²) in [6, 6.07) is 0.959. The van der Waals surface area contributed by atoms with Gasteiger partial charge in [-0.2, -0.15) is 18.3 Å². The predicted octanol–water partition coefficient (Wildman–Crippen LogP) is 3.60. The van der Waals surface area contributed by atoms with Gasteiger partial charge in [-0.1, -0.05) is 11.6 Å². The van der Waals surface area contributed by atoms with Crippen molar-refractivity contribution in [3.8, 4) is 5.75 Å². The Bertz CT molecular complexity index is 778. The highest BCUT2D eigenvalue weighted by molar-refractivity contribution is 6.30. The van der Waals surface area contributed by atoms with Crippen molar-refractivity contribution in [1.29, 1.82) is 0 Å². The van der Waals surface area contributed by atoms with Crippen LogP contribution in [0.15, 0.2) is 18.5 Å². The Morgan fingerprint density at radius 2 is 2.12 bits per heavy atom. The summed E-state index contributed by atoms with van der Waals surface area (Å²) >= 11 is 5.63. The third-order valence-corrected chi connectivity index (χ3v) is 2.99. The zero-order chi connectivity index (χ0) is 18.8. The minimum Gasteiger partial charge on any atom is -0.482 e. The SMILES string of the molecule is Cn1cc(NC(=O)c2cc(Cl)ncc2OCC(F)(F)F)c(C(F)F)n1. The number of carbonyl (C=O) groups is 1. The molecule has 0 bridgehead atoms. The van der Waals surface area contributed by atoms with Crippen LogP contribution in [0.1, 0.15) is 22.5 Å². The van der Waals surface area contributed by atoms with E-state index in [1.165, 1.54) is 7.05 Å². The maximum absolute atomic E-state index is 12.9. The van der Waals surface area contributed by atoms with Gasteiger partial charge < -0.3 is 10.1 Å². The van der Waals surface area contributed by atoms with Crippen LogP contribution in [-0.2, 0) is 7.05 Å². The molecule has 0 saturated heterocycles. The lowest BCUT2D eigenvalue weighted by Gasteiger charge is -2.13. The van der Waals surface area contributed by atoms with E-state index < -0.39 is 42.1 Å². The molecule has 2 aromatic rings. The molecule has 0 atom stereocenters. The van der Waals surface area contributed by atoms with Crippen molar-refractivity contribution in [2.45, 2.75) is 12.6 Å². The average Bonchev–Trinajstić information content (AvgIpc) is 2.85. The molecule has 0 unspecified atom stereocenters. The lowest BCUT2D eigenvalue weighted by Crippen LogP contribution is -2.21. The number of pyridine rings is 1. The van der Waals surface area contributed by atoms with E-state index >= 15 is 0 Å². The van der Waals surface area contributed by atoms with Gasteiger partial charge in [0.05, 0.1) is 17.4 Å². The van der Waals surface area contributed by atoms with Crippen molar-refractivity contribution in [1.82, 2.24) is 14.8 Å². The molecule has 1 amide bonds. The number of aryl methyl sites for hydroxylation is 1. The number of aromatic nitrogens is 3. The van der Waals surface area contributed by atoms with E-state index in [1.54, 1.807) is 0 Å². The maximum atomic E-state index is 12.9. The van der Waals surface area contributed by atoms with E-state index in [2.05, 4.69) is 20.1 Å². The molecule has 136 valence electrons. The van der Waals surface area contributed by atoms with Crippen LogP contribution in [0.2, 0.25) is 5.15 Å². The smallest absolute Gasteiger partial charge is 0.422 e. The van der Waals surface area contributed by atoms with Crippen molar-refractivity contribution in [3.63, 3.8) is 0 Å². The summed E-state index contributed by atoms with van der Waals surface area (Å²) in [7, 11) is 1.36. The number of amides is 1. The highest BCUT2D eigenvalue weighted by atomic mass is 35.5. The van der Waals surface area contributed by atoms with Crippen molar-refractivity contribution in [3.05, 3.63) is 34.9 Å². The van der Waals surface area contributed by atoms with Gasteiger partial charge in [0.25, 0.3) is 12.3 Å². The lowest BCUT2D eigenvalue weighted by atomic mass is 10.2. The predicted molar refractivity (Wildman–Crippen MR) is 76.9 cm³/mol. The topological polar surface area (TPSA) is 69.0 Å². The molecule has 0 aliphatic heterocycles. The molecule has 0 fully saturated rings. The molecule has 25 heavy (non-hydrogen) atoms. The van der Waals surface area contributed by atoms with Crippen LogP contribution in [0.5, 0.6) is 5.75 Å². The van der Waals surface area contributed by atoms with E-state index in [1.807, 2.05) is 0 Å². The molecule has 2 aromatic heterocycles. The number of rotatable bonds is 5. The fourth-order valence-electron chi connectivity index (χ4n) is 1.82. The van der Waals surface area contributed by atoms with Crippen LogP contribution in [-0.4, -0.2) is 33.5 Å². The zero-order valence-corrected chi connectivity index (χ0v) is 13.2. The number of carbonyl (C=O) groups excluding carboxylic acids is 1. The molecular formula is C13H10ClF5N4O2. The molecule has 0 spiro atoms. The minimum absolute atomic E-state index is 0.190. The Hall–Kier alpha value is -2.43. The number of nitrogens with zero attached hydrogens (tertiary/aromatic N) is 3. The van der Waals surface area contributed by atoms with Gasteiger partial charge >= 0.3 is 6.18 Å². The number of halogens is 6. The quantitative estimate of drug-likeness (QED) is 0.631. The van der Waals surface area contributed by atoms with Gasteiger partial charge in [0.1, 0.15) is 5.15 Å². The first kappa shape index (κ1) is 18.9. The number of nitrogens with one attached hydrogen (secondary N) is 1. The number of hydrogen-bond acceptors (Lipinski definition) is 4. The second kappa shape index (κ2) is 7.21. The van der Waals surface area contributed by atoms with E-state index in [0.29, 0.717) is 0 Å². The number of anilines is 1. The second-order valence-corrected chi connectivity index (χ2v) is 5.15. The lowest BCUT2D eigenvalue weighted by molar-refractivity contribution is -0.153. The number of hydrogen-bond donors (Lipinski definition) is 1. The summed E-state index contributed by atoms with van der Waals surface area (Å²) in [5.41, 5.74) is -1.38. The molecule has 12 heteroatoms. The average molecular weight is 385 g/mol. The van der Waals surface area contributed by atoms with Crippen molar-refractivity contribution in [2.24, 2.45) is 7.05 Å². The largest absolute Gasteiger partial charge is 0.482 e. The first-order valence-electron chi connectivity index (χ1n) is 6.55. The normalized spacial score (nSPS) is 11.7. The molecular weight excluding hydrogens is 375 g/mol. The maximum Gasteiger partial charge on any atom is 0.422 e. The Labute approximate surface area is 142 Å². The van der Waals surface area contributed by atoms with Gasteiger partial charge in [-0.15, -0.1) is 0 Å². The van der Waals surface area contributed by atoms with Gasteiger partial charge in [-0.3, -0.25) is 9.48 Å². The van der Waals surface area contributed by atoms with Gasteiger partial charge in [0.15, 0.2) is 18.1 Å². The highest BCUT2D eigenvalue weighted by Gasteiger charge is 2.30. The summed E-state index contributed by atoms with van der Waals surface area (Å²) in [5.74, 6) is -1.50. The fourth-order valence-corrected chi connectivity index (χ4v) is 1.98. The molecule has 0 saturated carbocycles. The first-order valence-corrected chi connectivity index (χ1v) is 6.93. The second-order valence-electron chi connectivity index (χ2n) is 4.76. The summed E-state index contributed by atoms with van der Waals surface area (Å²) in [4.78, 5) is 15.8. The molecule has 0 radical (unpaired) electrons. The molecule has 0 aliphatic rings. The van der Waals surface area contributed by atoms with Gasteiger partial charge in [0, 0.05) is 13.2 Å². The van der Waals surface area contributed by atoms with Crippen molar-refractivity contribution in [2.75, 3.05) is 11.9 Å². The summed E-state index contributed by atoms with van der Waals surface area (Å²) in [5, 5.41) is 5.45. The van der Waals surface area contributed by atoms with E-state index in [4.69, 9.17) is 11.6 Å². The Kier molecular flexibility index (Phi) is 5.45.